The molecule has 0 aliphatic heterocycles. The van der Waals surface area contributed by atoms with Crippen molar-refractivity contribution in [3.63, 3.8) is 0 Å². The van der Waals surface area contributed by atoms with Gasteiger partial charge in [0.15, 0.2) is 11.5 Å². The molecule has 0 spiro atoms. The molecule has 0 atom stereocenters. The summed E-state index contributed by atoms with van der Waals surface area (Å²) in [6.45, 7) is 4.03. The van der Waals surface area contributed by atoms with Crippen LogP contribution in [-0.4, -0.2) is 40.3 Å². The first-order valence-corrected chi connectivity index (χ1v) is 10.6. The fraction of sp³-hybridized carbons (Fsp3) is 0.250. The number of carbonyl (C=O) groups excluding carboxylic acids is 2. The molecule has 1 amide bonds. The van der Waals surface area contributed by atoms with E-state index in [0.29, 0.717) is 33.4 Å². The van der Waals surface area contributed by atoms with Crippen LogP contribution in [0.15, 0.2) is 35.7 Å². The summed E-state index contributed by atoms with van der Waals surface area (Å²) in [5.41, 5.74) is 4.42. The molecule has 1 heterocycles. The van der Waals surface area contributed by atoms with Crippen LogP contribution in [0.25, 0.3) is 11.1 Å². The lowest BCUT2D eigenvalue weighted by Gasteiger charge is -2.14. The molecule has 0 unspecified atom stereocenters. The molecule has 0 saturated carbocycles. The quantitative estimate of drug-likeness (QED) is 0.499. The lowest BCUT2D eigenvalue weighted by atomic mass is 9.99. The molecule has 3 aromatic rings. The summed E-state index contributed by atoms with van der Waals surface area (Å²) in [5.74, 6) is 0.136. The molecule has 3 rings (SSSR count). The Hall–Kier alpha value is -3.52. The highest BCUT2D eigenvalue weighted by Crippen LogP contribution is 2.40. The average Bonchev–Trinajstić information content (AvgIpc) is 3.22. The summed E-state index contributed by atoms with van der Waals surface area (Å²) in [7, 11) is 5.75. The SMILES string of the molecule is COC(=O)c1c(-c2ccc(C)c(C)c2)csc1NC(=O)c1cc(OC)c(OC)c(OC)c1. The van der Waals surface area contributed by atoms with Gasteiger partial charge in [0.05, 0.1) is 28.4 Å². The maximum absolute atomic E-state index is 13.0. The fourth-order valence-corrected chi connectivity index (χ4v) is 4.22. The number of hydrogen-bond acceptors (Lipinski definition) is 7. The summed E-state index contributed by atoms with van der Waals surface area (Å²) in [5, 5.41) is 5.05. The fourth-order valence-electron chi connectivity index (χ4n) is 3.26. The third kappa shape index (κ3) is 4.40. The van der Waals surface area contributed by atoms with Crippen molar-refractivity contribution in [2.75, 3.05) is 33.8 Å². The van der Waals surface area contributed by atoms with Gasteiger partial charge in [-0.05, 0) is 42.7 Å². The van der Waals surface area contributed by atoms with E-state index in [9.17, 15) is 9.59 Å². The summed E-state index contributed by atoms with van der Waals surface area (Å²) in [6.07, 6.45) is 0. The van der Waals surface area contributed by atoms with Crippen LogP contribution in [0.5, 0.6) is 17.2 Å². The zero-order chi connectivity index (χ0) is 23.4. The molecule has 0 bridgehead atoms. The van der Waals surface area contributed by atoms with E-state index < -0.39 is 11.9 Å². The zero-order valence-corrected chi connectivity index (χ0v) is 19.6. The van der Waals surface area contributed by atoms with Crippen molar-refractivity contribution in [3.05, 3.63) is 58.0 Å². The number of esters is 1. The van der Waals surface area contributed by atoms with Gasteiger partial charge in [-0.2, -0.15) is 0 Å². The molecule has 7 nitrogen and oxygen atoms in total. The number of thiophene rings is 1. The van der Waals surface area contributed by atoms with Gasteiger partial charge in [0.2, 0.25) is 5.75 Å². The molecule has 32 heavy (non-hydrogen) atoms. The van der Waals surface area contributed by atoms with Gasteiger partial charge in [-0.3, -0.25) is 4.79 Å². The lowest BCUT2D eigenvalue weighted by molar-refractivity contribution is 0.0603. The third-order valence-electron chi connectivity index (χ3n) is 5.15. The molecule has 0 saturated heterocycles. The van der Waals surface area contributed by atoms with Gasteiger partial charge in [-0.15, -0.1) is 11.3 Å². The Morgan fingerprint density at radius 2 is 1.53 bits per heavy atom. The maximum atomic E-state index is 13.0. The molecule has 2 aromatic carbocycles. The second-order valence-electron chi connectivity index (χ2n) is 7.01. The highest BCUT2D eigenvalue weighted by atomic mass is 32.1. The van der Waals surface area contributed by atoms with E-state index in [-0.39, 0.29) is 5.56 Å². The second kappa shape index (κ2) is 9.74. The first kappa shape index (κ1) is 23.1. The highest BCUT2D eigenvalue weighted by Gasteiger charge is 2.24. The normalized spacial score (nSPS) is 10.4. The minimum absolute atomic E-state index is 0.288. The summed E-state index contributed by atoms with van der Waals surface area (Å²) in [6, 6.07) is 9.05. The lowest BCUT2D eigenvalue weighted by Crippen LogP contribution is -2.14. The third-order valence-corrected chi connectivity index (χ3v) is 6.05. The van der Waals surface area contributed by atoms with Gasteiger partial charge in [0, 0.05) is 16.5 Å². The topological polar surface area (TPSA) is 83.1 Å². The van der Waals surface area contributed by atoms with Crippen LogP contribution < -0.4 is 19.5 Å². The summed E-state index contributed by atoms with van der Waals surface area (Å²) >= 11 is 1.26. The van der Waals surface area contributed by atoms with Crippen LogP contribution in [-0.2, 0) is 4.74 Å². The van der Waals surface area contributed by atoms with E-state index in [1.165, 1.54) is 39.8 Å². The van der Waals surface area contributed by atoms with E-state index >= 15 is 0 Å². The Balaban J connectivity index is 2.02. The molecule has 0 fully saturated rings. The number of rotatable bonds is 7. The van der Waals surface area contributed by atoms with E-state index in [0.717, 1.165) is 16.7 Å². The monoisotopic (exact) mass is 455 g/mol. The van der Waals surface area contributed by atoms with Gasteiger partial charge >= 0.3 is 5.97 Å². The van der Waals surface area contributed by atoms with Crippen molar-refractivity contribution < 1.29 is 28.5 Å². The van der Waals surface area contributed by atoms with Crippen LogP contribution in [0, 0.1) is 13.8 Å². The first-order chi connectivity index (χ1) is 15.3. The smallest absolute Gasteiger partial charge is 0.341 e. The van der Waals surface area contributed by atoms with Crippen LogP contribution >= 0.6 is 11.3 Å². The number of hydrogen-bond donors (Lipinski definition) is 1. The number of methoxy groups -OCH3 is 4. The van der Waals surface area contributed by atoms with Crippen LogP contribution in [0.1, 0.15) is 31.8 Å². The Morgan fingerprint density at radius 1 is 0.875 bits per heavy atom. The van der Waals surface area contributed by atoms with Crippen molar-refractivity contribution in [3.8, 4) is 28.4 Å². The second-order valence-corrected chi connectivity index (χ2v) is 7.89. The molecule has 8 heteroatoms. The molecular formula is C24H25NO6S. The van der Waals surface area contributed by atoms with Crippen molar-refractivity contribution in [1.82, 2.24) is 0 Å². The Bertz CT molecular complexity index is 1140. The number of anilines is 1. The van der Waals surface area contributed by atoms with Gasteiger partial charge in [0.1, 0.15) is 10.6 Å². The molecule has 1 N–H and O–H groups in total. The number of nitrogens with one attached hydrogen (secondary N) is 1. The average molecular weight is 456 g/mol. The molecular weight excluding hydrogens is 430 g/mol. The molecule has 0 radical (unpaired) electrons. The van der Waals surface area contributed by atoms with E-state index in [1.807, 2.05) is 37.4 Å². The van der Waals surface area contributed by atoms with Crippen LogP contribution in [0.3, 0.4) is 0 Å². The molecule has 168 valence electrons. The highest BCUT2D eigenvalue weighted by molar-refractivity contribution is 7.15. The van der Waals surface area contributed by atoms with Crippen LogP contribution in [0.4, 0.5) is 5.00 Å². The van der Waals surface area contributed by atoms with E-state index in [1.54, 1.807) is 12.1 Å². The Kier molecular flexibility index (Phi) is 7.05. The van der Waals surface area contributed by atoms with Crippen molar-refractivity contribution in [2.45, 2.75) is 13.8 Å². The predicted molar refractivity (Wildman–Crippen MR) is 125 cm³/mol. The first-order valence-electron chi connectivity index (χ1n) is 9.73. The summed E-state index contributed by atoms with van der Waals surface area (Å²) in [4.78, 5) is 25.7. The van der Waals surface area contributed by atoms with E-state index in [2.05, 4.69) is 5.32 Å². The molecule has 1 aromatic heterocycles. The number of amides is 1. The molecule has 0 aliphatic carbocycles. The Morgan fingerprint density at radius 3 is 2.06 bits per heavy atom. The van der Waals surface area contributed by atoms with Gasteiger partial charge in [-0.1, -0.05) is 18.2 Å². The van der Waals surface area contributed by atoms with Gasteiger partial charge in [-0.25, -0.2) is 4.79 Å². The number of aryl methyl sites for hydroxylation is 2. The standard InChI is InChI=1S/C24H25NO6S/c1-13-7-8-15(9-14(13)2)17-12-32-23(20(17)24(27)31-6)25-22(26)16-10-18(28-3)21(30-5)19(11-16)29-4/h7-12H,1-6H3,(H,25,26). The predicted octanol–water partition coefficient (Wildman–Crippen LogP) is 5.10. The van der Waals surface area contributed by atoms with Crippen molar-refractivity contribution in [2.24, 2.45) is 0 Å². The van der Waals surface area contributed by atoms with Gasteiger partial charge < -0.3 is 24.3 Å². The molecule has 0 aliphatic rings. The minimum Gasteiger partial charge on any atom is -0.493 e. The van der Waals surface area contributed by atoms with Crippen LogP contribution in [0.2, 0.25) is 0 Å². The maximum Gasteiger partial charge on any atom is 0.341 e. The largest absolute Gasteiger partial charge is 0.493 e. The zero-order valence-electron chi connectivity index (χ0n) is 18.8. The summed E-state index contributed by atoms with van der Waals surface area (Å²) < 4.78 is 21.0. The minimum atomic E-state index is -0.528. The van der Waals surface area contributed by atoms with Gasteiger partial charge in [0.25, 0.3) is 5.91 Å². The number of benzene rings is 2. The number of carbonyl (C=O) groups is 2. The van der Waals surface area contributed by atoms with E-state index in [4.69, 9.17) is 18.9 Å². The van der Waals surface area contributed by atoms with Crippen molar-refractivity contribution >= 4 is 28.2 Å². The van der Waals surface area contributed by atoms with Crippen molar-refractivity contribution in [1.29, 1.82) is 0 Å². The Labute approximate surface area is 190 Å². The number of ether oxygens (including phenoxy) is 4.